The number of amides is 5. The van der Waals surface area contributed by atoms with Gasteiger partial charge in [-0.15, -0.1) is 0 Å². The molecule has 14 nitrogen and oxygen atoms in total. The maximum atomic E-state index is 14.3. The predicted molar refractivity (Wildman–Crippen MR) is 205 cm³/mol. The Kier molecular flexibility index (Phi) is 15.6. The van der Waals surface area contributed by atoms with E-state index < -0.39 is 60.0 Å². The molecule has 2 aliphatic heterocycles. The van der Waals surface area contributed by atoms with Crippen molar-refractivity contribution < 1.29 is 33.4 Å². The van der Waals surface area contributed by atoms with Crippen molar-refractivity contribution in [3.8, 4) is 0 Å². The van der Waals surface area contributed by atoms with Gasteiger partial charge in [-0.3, -0.25) is 24.0 Å². The highest BCUT2D eigenvalue weighted by Gasteiger charge is 2.49. The number of nitrogens with zero attached hydrogens (tertiary/aromatic N) is 1. The summed E-state index contributed by atoms with van der Waals surface area (Å²) in [6, 6.07) is -4.36. The highest BCUT2D eigenvalue weighted by molar-refractivity contribution is 5.96. The van der Waals surface area contributed by atoms with Crippen molar-refractivity contribution in [1.82, 2.24) is 31.5 Å². The molecule has 0 radical (unpaired) electrons. The minimum Gasteiger partial charge on any atom is -0.378 e. The van der Waals surface area contributed by atoms with Crippen LogP contribution in [0.4, 0.5) is 0 Å². The van der Waals surface area contributed by atoms with Crippen LogP contribution in [0.15, 0.2) is 0 Å². The number of hydrogen-bond donors (Lipinski definition) is 6. The van der Waals surface area contributed by atoms with Crippen LogP contribution >= 0.6 is 0 Å². The van der Waals surface area contributed by atoms with E-state index in [0.717, 1.165) is 70.9 Å². The van der Waals surface area contributed by atoms with Crippen LogP contribution in [0.25, 0.3) is 0 Å². The summed E-state index contributed by atoms with van der Waals surface area (Å²) in [5.41, 5.74) is 6.54. The molecule has 2 saturated heterocycles. The van der Waals surface area contributed by atoms with E-state index in [2.05, 4.69) is 26.6 Å². The summed E-state index contributed by atoms with van der Waals surface area (Å²) in [4.78, 5) is 71.7. The Morgan fingerprint density at radius 2 is 1.48 bits per heavy atom. The van der Waals surface area contributed by atoms with Gasteiger partial charge in [-0.2, -0.15) is 0 Å². The third-order valence-electron chi connectivity index (χ3n) is 13.0. The molecule has 7 atom stereocenters. The lowest BCUT2D eigenvalue weighted by molar-refractivity contribution is -0.148. The van der Waals surface area contributed by atoms with E-state index in [4.69, 9.17) is 15.2 Å². The summed E-state index contributed by atoms with van der Waals surface area (Å²) in [6.07, 6.45) is 12.9. The van der Waals surface area contributed by atoms with Gasteiger partial charge >= 0.3 is 0 Å². The van der Waals surface area contributed by atoms with Crippen LogP contribution in [0.2, 0.25) is 0 Å². The predicted octanol–water partition coefficient (Wildman–Crippen LogP) is 1.74. The van der Waals surface area contributed by atoms with Crippen molar-refractivity contribution in [2.24, 2.45) is 34.8 Å². The summed E-state index contributed by atoms with van der Waals surface area (Å²) < 4.78 is 12.4. The minimum atomic E-state index is -1.15. The average molecular weight is 760 g/mol. The topological polar surface area (TPSA) is 193 Å². The lowest BCUT2D eigenvalue weighted by atomic mass is 9.51. The zero-order valence-corrected chi connectivity index (χ0v) is 33.3. The van der Waals surface area contributed by atoms with E-state index in [1.165, 1.54) is 24.2 Å². The molecular formula is C40H69N7O7. The van der Waals surface area contributed by atoms with E-state index >= 15 is 0 Å². The van der Waals surface area contributed by atoms with Gasteiger partial charge in [-0.1, -0.05) is 52.4 Å². The van der Waals surface area contributed by atoms with Gasteiger partial charge in [0.25, 0.3) is 0 Å². The molecule has 3 aliphatic carbocycles. The molecule has 14 heteroatoms. The van der Waals surface area contributed by atoms with Gasteiger partial charge in [0.05, 0.1) is 31.8 Å². The summed E-state index contributed by atoms with van der Waals surface area (Å²) in [6.45, 7) is 7.67. The average Bonchev–Trinajstić information content (AvgIpc) is 3.38. The summed E-state index contributed by atoms with van der Waals surface area (Å²) in [5.74, 6) is -2.04. The second-order valence-electron chi connectivity index (χ2n) is 17.3. The first-order chi connectivity index (χ1) is 25.9. The molecule has 5 amide bonds. The molecule has 2 heterocycles. The highest BCUT2D eigenvalue weighted by Crippen LogP contribution is 2.60. The number of nitrogens with two attached hydrogens (primary N) is 1. The molecule has 5 fully saturated rings. The van der Waals surface area contributed by atoms with E-state index in [9.17, 15) is 24.0 Å². The molecule has 0 bridgehead atoms. The van der Waals surface area contributed by atoms with Crippen LogP contribution in [0.3, 0.4) is 0 Å². The molecule has 3 saturated carbocycles. The number of hydrogen-bond acceptors (Lipinski definition) is 9. The zero-order chi connectivity index (χ0) is 38.8. The van der Waals surface area contributed by atoms with Gasteiger partial charge in [0.2, 0.25) is 29.5 Å². The third kappa shape index (κ3) is 10.9. The molecule has 1 spiro atoms. The zero-order valence-electron chi connectivity index (χ0n) is 33.3. The number of carbonyl (C=O) groups excluding carboxylic acids is 5. The summed E-state index contributed by atoms with van der Waals surface area (Å²) in [7, 11) is 1.67. The van der Waals surface area contributed by atoms with Gasteiger partial charge in [0, 0.05) is 38.6 Å². The van der Waals surface area contributed by atoms with E-state index in [1.54, 1.807) is 7.05 Å². The van der Waals surface area contributed by atoms with Crippen molar-refractivity contribution >= 4 is 29.5 Å². The number of ether oxygens (including phenoxy) is 2. The third-order valence-corrected chi connectivity index (χ3v) is 13.0. The van der Waals surface area contributed by atoms with Crippen LogP contribution in [0, 0.1) is 29.1 Å². The second-order valence-corrected chi connectivity index (χ2v) is 17.3. The minimum absolute atomic E-state index is 0.0591. The molecule has 306 valence electrons. The fourth-order valence-electron chi connectivity index (χ4n) is 9.28. The number of rotatable bonds is 10. The Morgan fingerprint density at radius 1 is 0.815 bits per heavy atom. The van der Waals surface area contributed by atoms with Gasteiger partial charge in [0.15, 0.2) is 0 Å². The molecule has 54 heavy (non-hydrogen) atoms. The van der Waals surface area contributed by atoms with E-state index in [0.29, 0.717) is 36.7 Å². The van der Waals surface area contributed by atoms with Gasteiger partial charge < -0.3 is 46.7 Å². The SMILES string of the molecule is CCC[C@H]1C(=O)N[C@@H](C2CCCCCC2)C(=O)N[C@@H](CN)C(=O)N[C@@H](COCC2CNC2)C(=O)N[C@H](C)CO[C@H](CC2CC3(CCC3)C2)[C@@H](C)C(=O)N1C. The van der Waals surface area contributed by atoms with Crippen molar-refractivity contribution in [1.29, 1.82) is 0 Å². The van der Waals surface area contributed by atoms with Crippen molar-refractivity contribution in [2.45, 2.75) is 147 Å². The van der Waals surface area contributed by atoms with Crippen molar-refractivity contribution in [3.05, 3.63) is 0 Å². The van der Waals surface area contributed by atoms with Crippen molar-refractivity contribution in [3.63, 3.8) is 0 Å². The van der Waals surface area contributed by atoms with Gasteiger partial charge in [0.1, 0.15) is 24.2 Å². The smallest absolute Gasteiger partial charge is 0.245 e. The van der Waals surface area contributed by atoms with Gasteiger partial charge in [-0.25, -0.2) is 0 Å². The van der Waals surface area contributed by atoms with E-state index in [1.807, 2.05) is 20.8 Å². The maximum Gasteiger partial charge on any atom is 0.245 e. The normalized spacial score (nSPS) is 33.1. The van der Waals surface area contributed by atoms with E-state index in [-0.39, 0.29) is 37.5 Å². The molecular weight excluding hydrogens is 690 g/mol. The fraction of sp³-hybridized carbons (Fsp3) is 0.875. The Bertz CT molecular complexity index is 1280. The summed E-state index contributed by atoms with van der Waals surface area (Å²) in [5, 5.41) is 14.8. The Balaban J connectivity index is 1.41. The number of nitrogens with one attached hydrogen (secondary N) is 5. The van der Waals surface area contributed by atoms with Crippen molar-refractivity contribution in [2.75, 3.05) is 46.5 Å². The molecule has 0 aromatic carbocycles. The van der Waals surface area contributed by atoms with Crippen LogP contribution in [0.5, 0.6) is 0 Å². The van der Waals surface area contributed by atoms with Crippen LogP contribution < -0.4 is 32.3 Å². The van der Waals surface area contributed by atoms with Crippen LogP contribution in [-0.2, 0) is 33.4 Å². The highest BCUT2D eigenvalue weighted by atomic mass is 16.5. The van der Waals surface area contributed by atoms with Crippen LogP contribution in [0.1, 0.15) is 111 Å². The van der Waals surface area contributed by atoms with Gasteiger partial charge in [-0.05, 0) is 75.5 Å². The monoisotopic (exact) mass is 760 g/mol. The first-order valence-corrected chi connectivity index (χ1v) is 21.0. The largest absolute Gasteiger partial charge is 0.378 e. The molecule has 7 N–H and O–H groups in total. The van der Waals surface area contributed by atoms with Crippen LogP contribution in [-0.4, -0.2) is 117 Å². The second kappa shape index (κ2) is 19.9. The Hall–Kier alpha value is -2.81. The molecule has 0 unspecified atom stereocenters. The number of carbonyl (C=O) groups is 5. The molecule has 5 aliphatic rings. The first kappa shape index (κ1) is 42.3. The maximum absolute atomic E-state index is 14.3. The Labute approximate surface area is 322 Å². The fourth-order valence-corrected chi connectivity index (χ4v) is 9.28. The quantitative estimate of drug-likeness (QED) is 0.180. The lowest BCUT2D eigenvalue weighted by Crippen LogP contribution is -2.62. The molecule has 0 aromatic rings. The summed E-state index contributed by atoms with van der Waals surface area (Å²) >= 11 is 0. The molecule has 0 aromatic heterocycles. The molecule has 5 rings (SSSR count). The lowest BCUT2D eigenvalue weighted by Gasteiger charge is -2.55. The first-order valence-electron chi connectivity index (χ1n) is 21.0. The number of likely N-dealkylation sites (N-methyl/N-ethyl adjacent to an activating group) is 1. The Morgan fingerprint density at radius 3 is 2.07 bits per heavy atom. The standard InChI is InChI=1S/C40H69N7O7/c1-5-11-32-37(50)46-34(29-12-8-6-7-9-13-29)38(51)44-30(19-41)35(48)45-31(24-53-23-28-20-42-21-28)36(49)43-25(2)22-54-33(26(3)39(52)47(32)4)16-27-17-40(18-27)14-10-15-40/h25-34,42H,5-24,41H2,1-4H3,(H,43,49)(H,44,51)(H,45,48)(H,46,50)/t25-,26-,30+,31+,32+,33-,34+/m1/s1.